The van der Waals surface area contributed by atoms with Crippen molar-refractivity contribution in [2.24, 2.45) is 0 Å². The zero-order chi connectivity index (χ0) is 9.42. The summed E-state index contributed by atoms with van der Waals surface area (Å²) in [6, 6.07) is 4.14. The molecule has 1 heterocycles. The van der Waals surface area contributed by atoms with Crippen molar-refractivity contribution in [1.82, 2.24) is 0 Å². The zero-order valence-electron chi connectivity index (χ0n) is 7.17. The first-order valence-corrected chi connectivity index (χ1v) is 5.96. The van der Waals surface area contributed by atoms with Gasteiger partial charge in [-0.2, -0.15) is 0 Å². The first-order valence-electron chi connectivity index (χ1n) is 4.00. The van der Waals surface area contributed by atoms with Crippen molar-refractivity contribution in [2.75, 3.05) is 0 Å². The number of hydrogen-bond donors (Lipinski definition) is 1. The molecule has 0 unspecified atom stereocenters. The van der Waals surface area contributed by atoms with E-state index in [0.29, 0.717) is 0 Å². The zero-order valence-corrected chi connectivity index (χ0v) is 10.1. The molecule has 0 aliphatic carbocycles. The molecule has 0 aliphatic heterocycles. The third kappa shape index (κ3) is 1.49. The number of fused-ring (bicyclic) bond motifs is 1. The normalized spacial score (nSPS) is 11.0. The van der Waals surface area contributed by atoms with Gasteiger partial charge in [0.1, 0.15) is 0 Å². The minimum absolute atomic E-state index is 0.130. The average molecular weight is 304 g/mol. The van der Waals surface area contributed by atoms with Gasteiger partial charge in [-0.25, -0.2) is 0 Å². The first-order chi connectivity index (χ1) is 6.24. The topological polar surface area (TPSA) is 20.2 Å². The van der Waals surface area contributed by atoms with Crippen molar-refractivity contribution in [2.45, 2.75) is 13.5 Å². The molecule has 0 fully saturated rings. The van der Waals surface area contributed by atoms with Gasteiger partial charge in [0.05, 0.1) is 6.61 Å². The van der Waals surface area contributed by atoms with Crippen LogP contribution in [0.5, 0.6) is 0 Å². The van der Waals surface area contributed by atoms with Crippen molar-refractivity contribution in [3.05, 3.63) is 32.2 Å². The molecule has 1 nitrogen and oxygen atoms in total. The molecule has 3 heteroatoms. The molecule has 0 amide bonds. The maximum atomic E-state index is 9.17. The number of hydrogen-bond acceptors (Lipinski definition) is 2. The summed E-state index contributed by atoms with van der Waals surface area (Å²) in [5, 5.41) is 12.4. The Morgan fingerprint density at radius 2 is 2.31 bits per heavy atom. The van der Waals surface area contributed by atoms with E-state index in [-0.39, 0.29) is 6.61 Å². The Morgan fingerprint density at radius 1 is 1.54 bits per heavy atom. The largest absolute Gasteiger partial charge is 0.392 e. The number of halogens is 1. The highest BCUT2D eigenvalue weighted by Gasteiger charge is 2.07. The van der Waals surface area contributed by atoms with Crippen molar-refractivity contribution in [3.8, 4) is 0 Å². The van der Waals surface area contributed by atoms with Crippen LogP contribution < -0.4 is 0 Å². The van der Waals surface area contributed by atoms with Gasteiger partial charge in [-0.15, -0.1) is 11.3 Å². The maximum absolute atomic E-state index is 9.17. The van der Waals surface area contributed by atoms with Crippen LogP contribution >= 0.6 is 33.9 Å². The fourth-order valence-corrected chi connectivity index (χ4v) is 3.20. The molecule has 1 aromatic carbocycles. The summed E-state index contributed by atoms with van der Waals surface area (Å²) < 4.78 is 2.60. The summed E-state index contributed by atoms with van der Waals surface area (Å²) in [6.07, 6.45) is 0. The van der Waals surface area contributed by atoms with Crippen molar-refractivity contribution >= 4 is 44.0 Å². The van der Waals surface area contributed by atoms with Gasteiger partial charge < -0.3 is 5.11 Å². The molecule has 1 aromatic heterocycles. The highest BCUT2D eigenvalue weighted by molar-refractivity contribution is 14.1. The van der Waals surface area contributed by atoms with Gasteiger partial charge >= 0.3 is 0 Å². The molecular weight excluding hydrogens is 295 g/mol. The van der Waals surface area contributed by atoms with Crippen LogP contribution in [0.4, 0.5) is 0 Å². The second-order valence-electron chi connectivity index (χ2n) is 2.99. The van der Waals surface area contributed by atoms with E-state index in [0.717, 1.165) is 5.56 Å². The number of aliphatic hydroxyl groups excluding tert-OH is 1. The van der Waals surface area contributed by atoms with Crippen LogP contribution in [-0.4, -0.2) is 5.11 Å². The molecule has 0 bridgehead atoms. The van der Waals surface area contributed by atoms with Crippen LogP contribution in [-0.2, 0) is 6.61 Å². The Balaban J connectivity index is 2.87. The molecule has 0 saturated heterocycles. The predicted molar refractivity (Wildman–Crippen MR) is 65.2 cm³/mol. The minimum atomic E-state index is 0.130. The Labute approximate surface area is 94.5 Å². The number of aliphatic hydroxyl groups is 1. The molecule has 2 rings (SSSR count). The lowest BCUT2D eigenvalue weighted by molar-refractivity contribution is 0.283. The minimum Gasteiger partial charge on any atom is -0.392 e. The summed E-state index contributed by atoms with van der Waals surface area (Å²) in [5.41, 5.74) is 2.29. The van der Waals surface area contributed by atoms with Gasteiger partial charge in [-0.1, -0.05) is 6.07 Å². The van der Waals surface area contributed by atoms with Crippen LogP contribution in [0.2, 0.25) is 0 Å². The number of rotatable bonds is 1. The van der Waals surface area contributed by atoms with Crippen molar-refractivity contribution in [1.29, 1.82) is 0 Å². The SMILES string of the molecule is Cc1cc(CO)c2ccsc2c1I. The molecule has 2 aromatic rings. The first kappa shape index (κ1) is 9.43. The van der Waals surface area contributed by atoms with Gasteiger partial charge in [0.15, 0.2) is 0 Å². The van der Waals surface area contributed by atoms with E-state index in [1.54, 1.807) is 11.3 Å². The van der Waals surface area contributed by atoms with E-state index in [4.69, 9.17) is 0 Å². The lowest BCUT2D eigenvalue weighted by Crippen LogP contribution is -1.88. The van der Waals surface area contributed by atoms with Gasteiger partial charge in [0.25, 0.3) is 0 Å². The summed E-state index contributed by atoms with van der Waals surface area (Å²) >= 11 is 4.10. The second kappa shape index (κ2) is 3.55. The number of thiophene rings is 1. The third-order valence-electron chi connectivity index (χ3n) is 2.12. The van der Waals surface area contributed by atoms with E-state index in [1.807, 2.05) is 0 Å². The number of benzene rings is 1. The average Bonchev–Trinajstić information content (AvgIpc) is 2.60. The fourth-order valence-electron chi connectivity index (χ4n) is 1.44. The third-order valence-corrected chi connectivity index (χ3v) is 4.81. The molecular formula is C10H9IOS. The maximum Gasteiger partial charge on any atom is 0.0688 e. The Bertz CT molecular complexity index is 447. The summed E-state index contributed by atoms with van der Waals surface area (Å²) in [7, 11) is 0. The van der Waals surface area contributed by atoms with Gasteiger partial charge in [0, 0.05) is 8.27 Å². The van der Waals surface area contributed by atoms with E-state index < -0.39 is 0 Å². The van der Waals surface area contributed by atoms with Crippen LogP contribution in [0.1, 0.15) is 11.1 Å². The molecule has 1 N–H and O–H groups in total. The molecule has 0 spiro atoms. The predicted octanol–water partition coefficient (Wildman–Crippen LogP) is 3.31. The van der Waals surface area contributed by atoms with E-state index in [2.05, 4.69) is 47.0 Å². The second-order valence-corrected chi connectivity index (χ2v) is 4.98. The molecule has 0 atom stereocenters. The Kier molecular flexibility index (Phi) is 2.58. The lowest BCUT2D eigenvalue weighted by Gasteiger charge is -2.04. The van der Waals surface area contributed by atoms with Crippen LogP contribution in [0.15, 0.2) is 17.5 Å². The van der Waals surface area contributed by atoms with Gasteiger partial charge in [0.2, 0.25) is 0 Å². The molecule has 68 valence electrons. The highest BCUT2D eigenvalue weighted by Crippen LogP contribution is 2.31. The van der Waals surface area contributed by atoms with Gasteiger partial charge in [-0.05, 0) is 57.5 Å². The highest BCUT2D eigenvalue weighted by atomic mass is 127. The summed E-state index contributed by atoms with van der Waals surface area (Å²) in [6.45, 7) is 2.21. The van der Waals surface area contributed by atoms with Gasteiger partial charge in [-0.3, -0.25) is 0 Å². The van der Waals surface area contributed by atoms with Crippen molar-refractivity contribution < 1.29 is 5.11 Å². The quantitative estimate of drug-likeness (QED) is 0.802. The van der Waals surface area contributed by atoms with E-state index in [1.165, 1.54) is 19.2 Å². The van der Waals surface area contributed by atoms with Crippen molar-refractivity contribution in [3.63, 3.8) is 0 Å². The standard InChI is InChI=1S/C10H9IOS/c1-6-4-7(5-12)8-2-3-13-10(8)9(6)11/h2-4,12H,5H2,1H3. The molecule has 0 aliphatic rings. The Hall–Kier alpha value is -0.130. The molecule has 0 radical (unpaired) electrons. The van der Waals surface area contributed by atoms with E-state index in [9.17, 15) is 5.11 Å². The smallest absolute Gasteiger partial charge is 0.0688 e. The van der Waals surface area contributed by atoms with Crippen LogP contribution in [0.3, 0.4) is 0 Å². The Morgan fingerprint density at radius 3 is 3.00 bits per heavy atom. The van der Waals surface area contributed by atoms with Crippen LogP contribution in [0, 0.1) is 10.5 Å². The monoisotopic (exact) mass is 304 g/mol. The fraction of sp³-hybridized carbons (Fsp3) is 0.200. The molecule has 13 heavy (non-hydrogen) atoms. The van der Waals surface area contributed by atoms with Crippen LogP contribution in [0.25, 0.3) is 10.1 Å². The molecule has 0 saturated carbocycles. The summed E-state index contributed by atoms with van der Waals surface area (Å²) in [5.74, 6) is 0. The summed E-state index contributed by atoms with van der Waals surface area (Å²) in [4.78, 5) is 0. The van der Waals surface area contributed by atoms with E-state index >= 15 is 0 Å². The number of aryl methyl sites for hydroxylation is 1. The lowest BCUT2D eigenvalue weighted by atomic mass is 10.1.